The van der Waals surface area contributed by atoms with E-state index in [1.54, 1.807) is 48.5 Å². The maximum absolute atomic E-state index is 12.1. The highest BCUT2D eigenvalue weighted by Gasteiger charge is 2.17. The van der Waals surface area contributed by atoms with E-state index in [2.05, 4.69) is 20.9 Å². The van der Waals surface area contributed by atoms with Gasteiger partial charge in [-0.25, -0.2) is 0 Å². The van der Waals surface area contributed by atoms with Gasteiger partial charge in [0.15, 0.2) is 11.1 Å². The van der Waals surface area contributed by atoms with Gasteiger partial charge in [0, 0.05) is 37.3 Å². The first kappa shape index (κ1) is 22.7. The molecule has 0 aromatic heterocycles. The Morgan fingerprint density at radius 1 is 0.781 bits per heavy atom. The Morgan fingerprint density at radius 2 is 1.31 bits per heavy atom. The number of hydrogen-bond acceptors (Lipinski definition) is 6. The molecule has 0 fully saturated rings. The largest absolute Gasteiger partial charge is 0.504 e. The number of rotatable bonds is 11. The number of hydrogen-bond donors (Lipinski definition) is 4. The Morgan fingerprint density at radius 3 is 1.84 bits per heavy atom. The first-order chi connectivity index (χ1) is 15.6. The van der Waals surface area contributed by atoms with Crippen molar-refractivity contribution in [2.24, 2.45) is 4.99 Å². The molecule has 0 saturated carbocycles. The molecular weight excluding hydrogens is 408 g/mol. The summed E-state index contributed by atoms with van der Waals surface area (Å²) in [6.07, 6.45) is 1.14. The summed E-state index contributed by atoms with van der Waals surface area (Å²) in [5.74, 6) is -0.453. The highest BCUT2D eigenvalue weighted by atomic mass is 16.3. The third kappa shape index (κ3) is 6.04. The minimum absolute atomic E-state index is 0.0549. The van der Waals surface area contributed by atoms with Crippen molar-refractivity contribution >= 4 is 17.5 Å². The van der Waals surface area contributed by atoms with Crippen LogP contribution in [0.5, 0.6) is 5.75 Å². The van der Waals surface area contributed by atoms with Gasteiger partial charge in [0.2, 0.25) is 5.43 Å². The number of carbonyl (C=O) groups is 2. The van der Waals surface area contributed by atoms with Crippen LogP contribution in [0, 0.1) is 0 Å². The van der Waals surface area contributed by atoms with Crippen molar-refractivity contribution in [2.75, 3.05) is 31.5 Å². The number of nitrogens with zero attached hydrogens (tertiary/aromatic N) is 1. The zero-order valence-electron chi connectivity index (χ0n) is 17.6. The number of anilines is 1. The topological polar surface area (TPSA) is 120 Å². The van der Waals surface area contributed by atoms with Gasteiger partial charge in [0.1, 0.15) is 5.69 Å². The predicted octanol–water partition coefficient (Wildman–Crippen LogP) is 1.58. The third-order valence-electron chi connectivity index (χ3n) is 4.81. The summed E-state index contributed by atoms with van der Waals surface area (Å²) in [6, 6.07) is 17.8. The summed E-state index contributed by atoms with van der Waals surface area (Å²) in [7, 11) is 0. The van der Waals surface area contributed by atoms with Gasteiger partial charge in [0.05, 0.1) is 0 Å². The van der Waals surface area contributed by atoms with Crippen molar-refractivity contribution in [3.8, 4) is 5.75 Å². The SMILES string of the molecule is O=C(NCCCN=c1c(O)c(NCCCNC(=O)c2ccccc2)c1=O)c1ccccc1. The van der Waals surface area contributed by atoms with Crippen LogP contribution in [-0.2, 0) is 0 Å². The molecule has 0 unspecified atom stereocenters. The van der Waals surface area contributed by atoms with E-state index in [1.165, 1.54) is 0 Å². The van der Waals surface area contributed by atoms with Crippen molar-refractivity contribution in [2.45, 2.75) is 12.8 Å². The Hall–Kier alpha value is -3.94. The Labute approximate surface area is 185 Å². The second-order valence-electron chi connectivity index (χ2n) is 7.16. The Bertz CT molecular complexity index is 1120. The minimum atomic E-state index is -0.329. The first-order valence-corrected chi connectivity index (χ1v) is 10.5. The quantitative estimate of drug-likeness (QED) is 0.342. The normalized spacial score (nSPS) is 11.3. The van der Waals surface area contributed by atoms with Gasteiger partial charge in [-0.1, -0.05) is 36.4 Å². The monoisotopic (exact) mass is 434 g/mol. The molecule has 3 aromatic rings. The molecule has 3 aromatic carbocycles. The van der Waals surface area contributed by atoms with Gasteiger partial charge in [-0.3, -0.25) is 19.4 Å². The van der Waals surface area contributed by atoms with E-state index in [1.807, 2.05) is 12.1 Å². The van der Waals surface area contributed by atoms with Crippen LogP contribution in [0.4, 0.5) is 5.69 Å². The molecule has 0 aliphatic carbocycles. The van der Waals surface area contributed by atoms with Gasteiger partial charge in [-0.15, -0.1) is 0 Å². The summed E-state index contributed by atoms with van der Waals surface area (Å²) in [5.41, 5.74) is 0.999. The van der Waals surface area contributed by atoms with Gasteiger partial charge in [0.25, 0.3) is 11.8 Å². The van der Waals surface area contributed by atoms with Crippen LogP contribution in [-0.4, -0.2) is 43.1 Å². The van der Waals surface area contributed by atoms with E-state index in [0.29, 0.717) is 50.1 Å². The van der Waals surface area contributed by atoms with Crippen molar-refractivity contribution in [1.29, 1.82) is 0 Å². The molecule has 0 bridgehead atoms. The molecule has 0 aliphatic rings. The van der Waals surface area contributed by atoms with Crippen LogP contribution < -0.4 is 26.7 Å². The molecule has 0 atom stereocenters. The average Bonchev–Trinajstić information content (AvgIpc) is 2.84. The number of carbonyl (C=O) groups excluding carboxylic acids is 2. The Kier molecular flexibility index (Phi) is 8.14. The van der Waals surface area contributed by atoms with Crippen LogP contribution in [0.3, 0.4) is 0 Å². The molecule has 2 amide bonds. The van der Waals surface area contributed by atoms with Crippen LogP contribution in [0.15, 0.2) is 70.5 Å². The van der Waals surface area contributed by atoms with E-state index in [9.17, 15) is 19.5 Å². The Balaban J connectivity index is 1.34. The molecule has 0 radical (unpaired) electrons. The van der Waals surface area contributed by atoms with Crippen molar-refractivity contribution in [3.05, 3.63) is 87.4 Å². The molecule has 0 spiro atoms. The van der Waals surface area contributed by atoms with Crippen LogP contribution in [0.2, 0.25) is 0 Å². The summed E-state index contributed by atoms with van der Waals surface area (Å²) >= 11 is 0. The average molecular weight is 434 g/mol. The highest BCUT2D eigenvalue weighted by Crippen LogP contribution is 2.14. The summed E-state index contributed by atoms with van der Waals surface area (Å²) in [6.45, 7) is 1.61. The van der Waals surface area contributed by atoms with Gasteiger partial charge >= 0.3 is 0 Å². The lowest BCUT2D eigenvalue weighted by atomic mass is 10.2. The zero-order valence-corrected chi connectivity index (χ0v) is 17.6. The molecule has 166 valence electrons. The van der Waals surface area contributed by atoms with E-state index >= 15 is 0 Å². The van der Waals surface area contributed by atoms with Crippen LogP contribution >= 0.6 is 0 Å². The number of nitrogens with one attached hydrogen (secondary N) is 3. The predicted molar refractivity (Wildman–Crippen MR) is 122 cm³/mol. The minimum Gasteiger partial charge on any atom is -0.504 e. The van der Waals surface area contributed by atoms with Crippen molar-refractivity contribution < 1.29 is 14.7 Å². The second kappa shape index (κ2) is 11.5. The molecule has 8 heteroatoms. The lowest BCUT2D eigenvalue weighted by Crippen LogP contribution is -2.36. The van der Waals surface area contributed by atoms with Gasteiger partial charge in [-0.2, -0.15) is 0 Å². The molecule has 32 heavy (non-hydrogen) atoms. The third-order valence-corrected chi connectivity index (χ3v) is 4.81. The maximum Gasteiger partial charge on any atom is 0.251 e. The van der Waals surface area contributed by atoms with Crippen molar-refractivity contribution in [1.82, 2.24) is 10.6 Å². The maximum atomic E-state index is 12.1. The summed E-state index contributed by atoms with van der Waals surface area (Å²) < 4.78 is 0. The first-order valence-electron chi connectivity index (χ1n) is 10.5. The van der Waals surface area contributed by atoms with Crippen molar-refractivity contribution in [3.63, 3.8) is 0 Å². The number of amides is 2. The summed E-state index contributed by atoms with van der Waals surface area (Å²) in [4.78, 5) is 40.1. The second-order valence-corrected chi connectivity index (χ2v) is 7.16. The van der Waals surface area contributed by atoms with E-state index in [-0.39, 0.29) is 34.0 Å². The standard InChI is InChI=1S/C24H26N4O4/c29-21-19(25-13-7-15-27-23(31)17-9-3-1-4-10-17)22(30)20(21)26-14-8-16-28-24(32)18-11-5-2-6-12-18/h1-6,9-12,25,29H,7-8,13-16H2,(H,27,31)(H,28,32). The molecular formula is C24H26N4O4. The van der Waals surface area contributed by atoms with E-state index in [4.69, 9.17) is 0 Å². The van der Waals surface area contributed by atoms with E-state index in [0.717, 1.165) is 0 Å². The zero-order chi connectivity index (χ0) is 22.8. The van der Waals surface area contributed by atoms with Crippen LogP contribution in [0.1, 0.15) is 33.6 Å². The fourth-order valence-corrected chi connectivity index (χ4v) is 3.06. The lowest BCUT2D eigenvalue weighted by molar-refractivity contribution is 0.0945. The lowest BCUT2D eigenvalue weighted by Gasteiger charge is -2.11. The van der Waals surface area contributed by atoms with Gasteiger partial charge < -0.3 is 21.1 Å². The summed E-state index contributed by atoms with van der Waals surface area (Å²) in [5, 5.41) is 18.6. The smallest absolute Gasteiger partial charge is 0.251 e. The fourth-order valence-electron chi connectivity index (χ4n) is 3.06. The van der Waals surface area contributed by atoms with Crippen LogP contribution in [0.25, 0.3) is 0 Å². The van der Waals surface area contributed by atoms with Gasteiger partial charge in [-0.05, 0) is 37.1 Å². The number of aromatic hydroxyl groups is 1. The van der Waals surface area contributed by atoms with E-state index < -0.39 is 0 Å². The molecule has 4 N–H and O–H groups in total. The number of benzene rings is 2. The molecule has 0 heterocycles. The molecule has 0 aliphatic heterocycles. The highest BCUT2D eigenvalue weighted by molar-refractivity contribution is 5.94. The molecule has 3 rings (SSSR count). The fraction of sp³-hybridized carbons (Fsp3) is 0.250. The molecule has 8 nitrogen and oxygen atoms in total. The molecule has 0 saturated heterocycles.